The van der Waals surface area contributed by atoms with Gasteiger partial charge in [0.25, 0.3) is 0 Å². The summed E-state index contributed by atoms with van der Waals surface area (Å²) in [5.74, 6) is -0.849. The molecule has 144 valence electrons. The molecule has 1 amide bonds. The van der Waals surface area contributed by atoms with Crippen LogP contribution in [0.2, 0.25) is 0 Å². The average molecular weight is 416 g/mol. The van der Waals surface area contributed by atoms with Gasteiger partial charge in [0.2, 0.25) is 5.91 Å². The lowest BCUT2D eigenvalue weighted by molar-refractivity contribution is -0.144. The first-order valence-electron chi connectivity index (χ1n) is 8.83. The van der Waals surface area contributed by atoms with Crippen molar-refractivity contribution in [3.05, 3.63) is 53.3 Å². The van der Waals surface area contributed by atoms with Crippen LogP contribution in [0.15, 0.2) is 47.4 Å². The van der Waals surface area contributed by atoms with E-state index in [0.29, 0.717) is 10.5 Å². The minimum atomic E-state index is -0.541. The van der Waals surface area contributed by atoms with E-state index in [1.54, 1.807) is 17.9 Å². The minimum Gasteiger partial charge on any atom is -0.466 e. The number of aromatic nitrogens is 1. The normalized spacial score (nSPS) is 16.3. The number of benzene rings is 2. The first-order valence-corrected chi connectivity index (χ1v) is 10.5. The van der Waals surface area contributed by atoms with Crippen LogP contribution in [0.1, 0.15) is 18.4 Å². The SMILES string of the molecule is CCOC(=O)CC1Sc2ccccc2N(Cc2nc3ccc(F)cc3s2)C1=O. The summed E-state index contributed by atoms with van der Waals surface area (Å²) < 4.78 is 19.2. The predicted octanol–water partition coefficient (Wildman–Crippen LogP) is 4.40. The third kappa shape index (κ3) is 3.74. The number of hydrogen-bond acceptors (Lipinski definition) is 6. The summed E-state index contributed by atoms with van der Waals surface area (Å²) in [5, 5.41) is 0.173. The Balaban J connectivity index is 1.64. The number of thioether (sulfide) groups is 1. The number of esters is 1. The molecule has 2 aromatic carbocycles. The van der Waals surface area contributed by atoms with Crippen molar-refractivity contribution in [2.24, 2.45) is 0 Å². The Morgan fingerprint density at radius 2 is 2.11 bits per heavy atom. The third-order valence-electron chi connectivity index (χ3n) is 4.31. The Labute approximate surface area is 169 Å². The van der Waals surface area contributed by atoms with Crippen molar-refractivity contribution in [2.75, 3.05) is 11.5 Å². The van der Waals surface area contributed by atoms with Crippen molar-refractivity contribution in [2.45, 2.75) is 30.0 Å². The second-order valence-electron chi connectivity index (χ2n) is 6.23. The van der Waals surface area contributed by atoms with Crippen LogP contribution in [0, 0.1) is 5.82 Å². The van der Waals surface area contributed by atoms with Gasteiger partial charge in [-0.05, 0) is 37.3 Å². The Morgan fingerprint density at radius 1 is 1.29 bits per heavy atom. The molecule has 1 aliphatic heterocycles. The fourth-order valence-electron chi connectivity index (χ4n) is 3.09. The van der Waals surface area contributed by atoms with Crippen LogP contribution in [0.3, 0.4) is 0 Å². The second kappa shape index (κ2) is 7.89. The minimum absolute atomic E-state index is 0.0211. The van der Waals surface area contributed by atoms with Gasteiger partial charge in [0.1, 0.15) is 10.8 Å². The molecule has 1 aliphatic rings. The number of anilines is 1. The first kappa shape index (κ1) is 18.9. The average Bonchev–Trinajstić information content (AvgIpc) is 3.07. The number of amides is 1. The van der Waals surface area contributed by atoms with E-state index in [1.165, 1.54) is 35.2 Å². The number of nitrogens with zero attached hydrogens (tertiary/aromatic N) is 2. The van der Waals surface area contributed by atoms with E-state index >= 15 is 0 Å². The Bertz CT molecular complexity index is 1050. The van der Waals surface area contributed by atoms with Gasteiger partial charge in [0.05, 0.1) is 40.7 Å². The monoisotopic (exact) mass is 416 g/mol. The van der Waals surface area contributed by atoms with E-state index in [1.807, 2.05) is 24.3 Å². The maximum absolute atomic E-state index is 13.5. The largest absolute Gasteiger partial charge is 0.466 e. The van der Waals surface area contributed by atoms with Crippen LogP contribution in [-0.4, -0.2) is 28.7 Å². The predicted molar refractivity (Wildman–Crippen MR) is 108 cm³/mol. The van der Waals surface area contributed by atoms with E-state index in [0.717, 1.165) is 15.3 Å². The van der Waals surface area contributed by atoms with Crippen molar-refractivity contribution < 1.29 is 18.7 Å². The van der Waals surface area contributed by atoms with E-state index < -0.39 is 5.25 Å². The fraction of sp³-hybridized carbons (Fsp3) is 0.250. The van der Waals surface area contributed by atoms with Crippen molar-refractivity contribution >= 4 is 50.9 Å². The summed E-state index contributed by atoms with van der Waals surface area (Å²) in [6.45, 7) is 2.30. The highest BCUT2D eigenvalue weighted by atomic mass is 32.2. The second-order valence-corrected chi connectivity index (χ2v) is 8.59. The van der Waals surface area contributed by atoms with Crippen molar-refractivity contribution in [1.29, 1.82) is 0 Å². The zero-order valence-corrected chi connectivity index (χ0v) is 16.7. The highest BCUT2D eigenvalue weighted by Gasteiger charge is 2.35. The number of carbonyl (C=O) groups is 2. The number of carbonyl (C=O) groups excluding carboxylic acids is 2. The number of rotatable bonds is 5. The Morgan fingerprint density at radius 3 is 2.93 bits per heavy atom. The molecular weight excluding hydrogens is 399 g/mol. The van der Waals surface area contributed by atoms with Gasteiger partial charge in [-0.2, -0.15) is 0 Å². The summed E-state index contributed by atoms with van der Waals surface area (Å²) in [6.07, 6.45) is 0.0211. The summed E-state index contributed by atoms with van der Waals surface area (Å²) in [6, 6.07) is 12.1. The molecule has 0 saturated carbocycles. The molecule has 2 heterocycles. The number of ether oxygens (including phenoxy) is 1. The van der Waals surface area contributed by atoms with Gasteiger partial charge < -0.3 is 9.64 Å². The zero-order chi connectivity index (χ0) is 19.7. The molecule has 0 aliphatic carbocycles. The van der Waals surface area contributed by atoms with Crippen LogP contribution in [0.4, 0.5) is 10.1 Å². The van der Waals surface area contributed by atoms with Crippen molar-refractivity contribution in [3.8, 4) is 0 Å². The summed E-state index contributed by atoms with van der Waals surface area (Å²) >= 11 is 2.74. The highest BCUT2D eigenvalue weighted by molar-refractivity contribution is 8.01. The molecule has 28 heavy (non-hydrogen) atoms. The van der Waals surface area contributed by atoms with Gasteiger partial charge in [-0.25, -0.2) is 9.37 Å². The smallest absolute Gasteiger partial charge is 0.307 e. The van der Waals surface area contributed by atoms with E-state index in [9.17, 15) is 14.0 Å². The number of fused-ring (bicyclic) bond motifs is 2. The van der Waals surface area contributed by atoms with Crippen LogP contribution in [0.5, 0.6) is 0 Å². The summed E-state index contributed by atoms with van der Waals surface area (Å²) in [7, 11) is 0. The summed E-state index contributed by atoms with van der Waals surface area (Å²) in [5.41, 5.74) is 1.50. The first-order chi connectivity index (χ1) is 13.5. The lowest BCUT2D eigenvalue weighted by Crippen LogP contribution is -2.41. The molecule has 1 unspecified atom stereocenters. The van der Waals surface area contributed by atoms with Gasteiger partial charge >= 0.3 is 5.97 Å². The standard InChI is InChI=1S/C20H17FN2O3S2/c1-2-26-19(24)10-17-20(25)23(14-5-3-4-6-15(14)27-17)11-18-22-13-8-7-12(21)9-16(13)28-18/h3-9,17H,2,10-11H2,1H3. The molecule has 0 N–H and O–H groups in total. The number of thiazole rings is 1. The van der Waals surface area contributed by atoms with Crippen molar-refractivity contribution in [1.82, 2.24) is 4.98 Å². The molecule has 5 nitrogen and oxygen atoms in total. The maximum Gasteiger partial charge on any atom is 0.307 e. The van der Waals surface area contributed by atoms with Crippen molar-refractivity contribution in [3.63, 3.8) is 0 Å². The fourth-order valence-corrected chi connectivity index (χ4v) is 5.28. The number of hydrogen-bond donors (Lipinski definition) is 0. The maximum atomic E-state index is 13.5. The van der Waals surface area contributed by atoms with Crippen LogP contribution < -0.4 is 4.90 Å². The van der Waals surface area contributed by atoms with Crippen LogP contribution in [-0.2, 0) is 20.9 Å². The molecule has 0 spiro atoms. The lowest BCUT2D eigenvalue weighted by atomic mass is 10.2. The van der Waals surface area contributed by atoms with Gasteiger partial charge in [-0.1, -0.05) is 12.1 Å². The van der Waals surface area contributed by atoms with Gasteiger partial charge in [0, 0.05) is 4.90 Å². The zero-order valence-electron chi connectivity index (χ0n) is 15.1. The third-order valence-corrected chi connectivity index (χ3v) is 6.57. The molecule has 8 heteroatoms. The molecule has 4 rings (SSSR count). The molecule has 0 fully saturated rings. The Hall–Kier alpha value is -2.45. The number of para-hydroxylation sites is 1. The van der Waals surface area contributed by atoms with Gasteiger partial charge in [-0.3, -0.25) is 9.59 Å². The molecule has 1 aromatic heterocycles. The van der Waals surface area contributed by atoms with Crippen LogP contribution >= 0.6 is 23.1 Å². The molecular formula is C20H17FN2O3S2. The quantitative estimate of drug-likeness (QED) is 0.577. The molecule has 0 radical (unpaired) electrons. The van der Waals surface area contributed by atoms with E-state index in [2.05, 4.69) is 4.98 Å². The molecule has 0 saturated heterocycles. The number of halogens is 1. The topological polar surface area (TPSA) is 59.5 Å². The highest BCUT2D eigenvalue weighted by Crippen LogP contribution is 2.41. The Kier molecular flexibility index (Phi) is 5.32. The van der Waals surface area contributed by atoms with Gasteiger partial charge in [-0.15, -0.1) is 23.1 Å². The van der Waals surface area contributed by atoms with E-state index in [-0.39, 0.29) is 37.3 Å². The van der Waals surface area contributed by atoms with Gasteiger partial charge in [0.15, 0.2) is 0 Å². The molecule has 0 bridgehead atoms. The molecule has 1 atom stereocenters. The lowest BCUT2D eigenvalue weighted by Gasteiger charge is -2.32. The summed E-state index contributed by atoms with van der Waals surface area (Å²) in [4.78, 5) is 32.2. The van der Waals surface area contributed by atoms with Crippen LogP contribution in [0.25, 0.3) is 10.2 Å². The molecule has 3 aromatic rings. The van der Waals surface area contributed by atoms with E-state index in [4.69, 9.17) is 4.74 Å².